The molecular weight excluding hydrogens is 334 g/mol. The summed E-state index contributed by atoms with van der Waals surface area (Å²) in [5.41, 5.74) is 7.66. The molecule has 2 aromatic heterocycles. The van der Waals surface area contributed by atoms with Crippen molar-refractivity contribution in [3.63, 3.8) is 0 Å². The Labute approximate surface area is 147 Å². The molecule has 0 atom stereocenters. The minimum absolute atomic E-state index is 0.106. The third-order valence-corrected chi connectivity index (χ3v) is 4.65. The second-order valence-corrected chi connectivity index (χ2v) is 6.37. The molecule has 5 nitrogen and oxygen atoms in total. The van der Waals surface area contributed by atoms with E-state index < -0.39 is 0 Å². The number of benzene rings is 2. The second kappa shape index (κ2) is 6.33. The van der Waals surface area contributed by atoms with E-state index >= 15 is 0 Å². The quantitative estimate of drug-likeness (QED) is 0.557. The van der Waals surface area contributed by atoms with E-state index in [1.807, 2.05) is 24.3 Å². The fourth-order valence-corrected chi connectivity index (χ4v) is 3.30. The highest BCUT2D eigenvalue weighted by Crippen LogP contribution is 2.27. The van der Waals surface area contributed by atoms with E-state index in [0.717, 1.165) is 10.2 Å². The van der Waals surface area contributed by atoms with E-state index in [1.54, 1.807) is 42.6 Å². The van der Waals surface area contributed by atoms with Gasteiger partial charge < -0.3 is 10.5 Å². The Morgan fingerprint density at radius 1 is 1.00 bits per heavy atom. The van der Waals surface area contributed by atoms with E-state index in [-0.39, 0.29) is 5.78 Å². The topological polar surface area (TPSA) is 78.1 Å². The van der Waals surface area contributed by atoms with Gasteiger partial charge in [-0.15, -0.1) is 11.3 Å². The third kappa shape index (κ3) is 3.07. The Morgan fingerprint density at radius 3 is 2.56 bits per heavy atom. The molecule has 0 aliphatic carbocycles. The van der Waals surface area contributed by atoms with Gasteiger partial charge in [0.05, 0.1) is 15.9 Å². The van der Waals surface area contributed by atoms with E-state index in [0.29, 0.717) is 27.9 Å². The molecule has 2 aromatic carbocycles. The van der Waals surface area contributed by atoms with Crippen LogP contribution >= 0.6 is 11.3 Å². The molecule has 2 N–H and O–H groups in total. The number of para-hydroxylation sites is 1. The molecule has 25 heavy (non-hydrogen) atoms. The van der Waals surface area contributed by atoms with Gasteiger partial charge in [0, 0.05) is 11.8 Å². The highest BCUT2D eigenvalue weighted by Gasteiger charge is 2.14. The van der Waals surface area contributed by atoms with Gasteiger partial charge in [0.15, 0.2) is 5.01 Å². The molecule has 0 unspecified atom stereocenters. The highest BCUT2D eigenvalue weighted by atomic mass is 32.1. The number of hydrogen-bond acceptors (Lipinski definition) is 6. The number of nitrogens with zero attached hydrogens (tertiary/aromatic N) is 2. The largest absolute Gasteiger partial charge is 0.437 e. The summed E-state index contributed by atoms with van der Waals surface area (Å²) in [5, 5.41) is 0.476. The lowest BCUT2D eigenvalue weighted by atomic mass is 10.1. The van der Waals surface area contributed by atoms with Crippen molar-refractivity contribution in [1.29, 1.82) is 0 Å². The van der Waals surface area contributed by atoms with Crippen molar-refractivity contribution in [2.45, 2.75) is 0 Å². The Hall–Kier alpha value is -3.25. The lowest BCUT2D eigenvalue weighted by Gasteiger charge is -2.07. The van der Waals surface area contributed by atoms with Crippen molar-refractivity contribution < 1.29 is 9.53 Å². The lowest BCUT2D eigenvalue weighted by Crippen LogP contribution is -2.00. The standard InChI is InChI=1S/C19H13N3O2S/c20-14-4-3-11-21-18(14)24-13-9-7-12(8-10-13)17(23)19-22-15-5-1-2-6-16(15)25-19/h1-11H,20H2. The Bertz CT molecular complexity index is 1020. The van der Waals surface area contributed by atoms with Crippen molar-refractivity contribution in [1.82, 2.24) is 9.97 Å². The number of ether oxygens (including phenoxy) is 1. The molecule has 0 radical (unpaired) electrons. The number of pyridine rings is 1. The molecule has 4 rings (SSSR count). The Kier molecular flexibility index (Phi) is 3.87. The number of rotatable bonds is 4. The van der Waals surface area contributed by atoms with Crippen LogP contribution in [-0.2, 0) is 0 Å². The fourth-order valence-electron chi connectivity index (χ4n) is 2.37. The first kappa shape index (κ1) is 15.3. The molecule has 0 saturated heterocycles. The van der Waals surface area contributed by atoms with Gasteiger partial charge in [-0.3, -0.25) is 4.79 Å². The maximum Gasteiger partial charge on any atom is 0.242 e. The molecule has 4 aromatic rings. The number of carbonyl (C=O) groups excluding carboxylic acids is 1. The van der Waals surface area contributed by atoms with Crippen LogP contribution in [0.4, 0.5) is 5.69 Å². The fraction of sp³-hybridized carbons (Fsp3) is 0. The van der Waals surface area contributed by atoms with Crippen molar-refractivity contribution in [2.75, 3.05) is 5.73 Å². The first-order valence-electron chi connectivity index (χ1n) is 7.59. The minimum Gasteiger partial charge on any atom is -0.437 e. The van der Waals surface area contributed by atoms with Gasteiger partial charge in [-0.05, 0) is 48.5 Å². The molecule has 0 bridgehead atoms. The lowest BCUT2D eigenvalue weighted by molar-refractivity contribution is 0.103. The van der Waals surface area contributed by atoms with Crippen molar-refractivity contribution >= 4 is 33.0 Å². The van der Waals surface area contributed by atoms with Gasteiger partial charge >= 0.3 is 0 Å². The average molecular weight is 347 g/mol. The van der Waals surface area contributed by atoms with Gasteiger partial charge in [0.25, 0.3) is 0 Å². The summed E-state index contributed by atoms with van der Waals surface area (Å²) in [6.07, 6.45) is 1.61. The molecule has 122 valence electrons. The zero-order chi connectivity index (χ0) is 17.2. The van der Waals surface area contributed by atoms with Gasteiger partial charge in [-0.1, -0.05) is 12.1 Å². The predicted octanol–water partition coefficient (Wildman–Crippen LogP) is 4.30. The smallest absolute Gasteiger partial charge is 0.242 e. The summed E-state index contributed by atoms with van der Waals surface area (Å²) in [6, 6.07) is 18.0. The van der Waals surface area contributed by atoms with Crippen LogP contribution in [0.5, 0.6) is 11.6 Å². The SMILES string of the molecule is Nc1cccnc1Oc1ccc(C(=O)c2nc3ccccc3s2)cc1. The molecule has 0 saturated carbocycles. The van der Waals surface area contributed by atoms with Gasteiger partial charge in [-0.2, -0.15) is 0 Å². The zero-order valence-electron chi connectivity index (χ0n) is 13.0. The van der Waals surface area contributed by atoms with Crippen LogP contribution < -0.4 is 10.5 Å². The second-order valence-electron chi connectivity index (χ2n) is 5.34. The van der Waals surface area contributed by atoms with E-state index in [1.165, 1.54) is 11.3 Å². The molecule has 0 aliphatic rings. The number of hydrogen-bond donors (Lipinski definition) is 1. The van der Waals surface area contributed by atoms with Crippen LogP contribution in [0.25, 0.3) is 10.2 Å². The number of thiazole rings is 1. The number of nitrogen functional groups attached to an aromatic ring is 1. The van der Waals surface area contributed by atoms with Crippen molar-refractivity contribution in [3.05, 3.63) is 77.4 Å². The minimum atomic E-state index is -0.106. The molecule has 0 aliphatic heterocycles. The molecule has 2 heterocycles. The monoisotopic (exact) mass is 347 g/mol. The summed E-state index contributed by atoms with van der Waals surface area (Å²) in [7, 11) is 0. The summed E-state index contributed by atoms with van der Waals surface area (Å²) < 4.78 is 6.63. The van der Waals surface area contributed by atoms with Crippen LogP contribution in [0.3, 0.4) is 0 Å². The number of carbonyl (C=O) groups is 1. The number of anilines is 1. The summed E-state index contributed by atoms with van der Waals surface area (Å²) in [5.74, 6) is 0.795. The van der Waals surface area contributed by atoms with E-state index in [9.17, 15) is 4.79 Å². The zero-order valence-corrected chi connectivity index (χ0v) is 13.9. The maximum absolute atomic E-state index is 12.6. The molecule has 0 spiro atoms. The molecule has 6 heteroatoms. The number of aromatic nitrogens is 2. The van der Waals surface area contributed by atoms with E-state index in [4.69, 9.17) is 10.5 Å². The highest BCUT2D eigenvalue weighted by molar-refractivity contribution is 7.20. The summed E-state index contributed by atoms with van der Waals surface area (Å²) in [4.78, 5) is 21.1. The average Bonchev–Trinajstić information content (AvgIpc) is 3.08. The van der Waals surface area contributed by atoms with E-state index in [2.05, 4.69) is 9.97 Å². The van der Waals surface area contributed by atoms with Crippen LogP contribution in [0, 0.1) is 0 Å². The van der Waals surface area contributed by atoms with Gasteiger partial charge in [0.1, 0.15) is 5.75 Å². The first-order valence-corrected chi connectivity index (χ1v) is 8.41. The van der Waals surface area contributed by atoms with Crippen molar-refractivity contribution in [2.24, 2.45) is 0 Å². The number of ketones is 1. The first-order chi connectivity index (χ1) is 12.2. The normalized spacial score (nSPS) is 10.7. The predicted molar refractivity (Wildman–Crippen MR) is 98.2 cm³/mol. The Balaban J connectivity index is 1.57. The maximum atomic E-state index is 12.6. The van der Waals surface area contributed by atoms with Gasteiger partial charge in [0.2, 0.25) is 11.7 Å². The number of nitrogens with two attached hydrogens (primary N) is 1. The van der Waals surface area contributed by atoms with Crippen molar-refractivity contribution in [3.8, 4) is 11.6 Å². The van der Waals surface area contributed by atoms with Crippen LogP contribution in [-0.4, -0.2) is 15.8 Å². The Morgan fingerprint density at radius 2 is 1.80 bits per heavy atom. The third-order valence-electron chi connectivity index (χ3n) is 3.62. The molecule has 0 fully saturated rings. The number of fused-ring (bicyclic) bond motifs is 1. The van der Waals surface area contributed by atoms with Crippen LogP contribution in [0.2, 0.25) is 0 Å². The molecular formula is C19H13N3O2S. The summed E-state index contributed by atoms with van der Waals surface area (Å²) >= 11 is 1.39. The summed E-state index contributed by atoms with van der Waals surface area (Å²) in [6.45, 7) is 0. The van der Waals surface area contributed by atoms with Crippen LogP contribution in [0.1, 0.15) is 15.4 Å². The van der Waals surface area contributed by atoms with Crippen LogP contribution in [0.15, 0.2) is 66.9 Å². The molecule has 0 amide bonds. The van der Waals surface area contributed by atoms with Gasteiger partial charge in [-0.25, -0.2) is 9.97 Å².